The highest BCUT2D eigenvalue weighted by Crippen LogP contribution is 2.35. The SMILES string of the molecule is CC(C)(C#N)C(O)c1ccccc1Cl. The molecule has 1 unspecified atom stereocenters. The Hall–Kier alpha value is -1.04. The van der Waals surface area contributed by atoms with Crippen LogP contribution in [0.15, 0.2) is 24.3 Å². The van der Waals surface area contributed by atoms with Crippen LogP contribution in [0, 0.1) is 16.7 Å². The molecule has 0 amide bonds. The number of halogens is 1. The van der Waals surface area contributed by atoms with E-state index < -0.39 is 11.5 Å². The molecule has 0 radical (unpaired) electrons. The highest BCUT2D eigenvalue weighted by Gasteiger charge is 2.30. The molecule has 0 saturated heterocycles. The van der Waals surface area contributed by atoms with Crippen LogP contribution in [0.3, 0.4) is 0 Å². The van der Waals surface area contributed by atoms with E-state index in [9.17, 15) is 5.11 Å². The molecule has 0 bridgehead atoms. The first-order valence-electron chi connectivity index (χ1n) is 4.33. The number of benzene rings is 1. The van der Waals surface area contributed by atoms with E-state index in [4.69, 9.17) is 16.9 Å². The maximum Gasteiger partial charge on any atom is 0.0985 e. The number of nitrogens with zero attached hydrogens (tertiary/aromatic N) is 1. The van der Waals surface area contributed by atoms with Crippen LogP contribution < -0.4 is 0 Å². The van der Waals surface area contributed by atoms with Crippen LogP contribution >= 0.6 is 11.6 Å². The maximum atomic E-state index is 9.92. The zero-order chi connectivity index (χ0) is 10.8. The molecule has 0 aliphatic rings. The van der Waals surface area contributed by atoms with Gasteiger partial charge in [0.15, 0.2) is 0 Å². The van der Waals surface area contributed by atoms with E-state index in [1.165, 1.54) is 0 Å². The topological polar surface area (TPSA) is 44.0 Å². The van der Waals surface area contributed by atoms with E-state index in [0.717, 1.165) is 0 Å². The van der Waals surface area contributed by atoms with Gasteiger partial charge in [-0.2, -0.15) is 5.26 Å². The van der Waals surface area contributed by atoms with E-state index in [-0.39, 0.29) is 0 Å². The van der Waals surface area contributed by atoms with E-state index >= 15 is 0 Å². The van der Waals surface area contributed by atoms with Gasteiger partial charge < -0.3 is 5.11 Å². The van der Waals surface area contributed by atoms with Gasteiger partial charge in [-0.25, -0.2) is 0 Å². The summed E-state index contributed by atoms with van der Waals surface area (Å²) in [4.78, 5) is 0. The van der Waals surface area contributed by atoms with Crippen LogP contribution in [0.25, 0.3) is 0 Å². The Morgan fingerprint density at radius 2 is 2.00 bits per heavy atom. The largest absolute Gasteiger partial charge is 0.387 e. The summed E-state index contributed by atoms with van der Waals surface area (Å²) < 4.78 is 0. The van der Waals surface area contributed by atoms with Crippen molar-refractivity contribution in [3.05, 3.63) is 34.9 Å². The Morgan fingerprint density at radius 3 is 2.50 bits per heavy atom. The minimum atomic E-state index is -0.860. The zero-order valence-corrected chi connectivity index (χ0v) is 8.92. The average Bonchev–Trinajstić information content (AvgIpc) is 2.17. The van der Waals surface area contributed by atoms with Crippen molar-refractivity contribution in [3.8, 4) is 6.07 Å². The van der Waals surface area contributed by atoms with Crippen LogP contribution in [0.4, 0.5) is 0 Å². The van der Waals surface area contributed by atoms with Crippen molar-refractivity contribution < 1.29 is 5.11 Å². The zero-order valence-electron chi connectivity index (χ0n) is 8.16. The van der Waals surface area contributed by atoms with Crippen molar-refractivity contribution in [3.63, 3.8) is 0 Å². The monoisotopic (exact) mass is 209 g/mol. The van der Waals surface area contributed by atoms with E-state index in [1.54, 1.807) is 38.1 Å². The quantitative estimate of drug-likeness (QED) is 0.814. The van der Waals surface area contributed by atoms with Crippen LogP contribution in [-0.4, -0.2) is 5.11 Å². The van der Waals surface area contributed by atoms with Gasteiger partial charge in [0.1, 0.15) is 0 Å². The Labute approximate surface area is 88.7 Å². The summed E-state index contributed by atoms with van der Waals surface area (Å²) in [5.74, 6) is 0. The molecule has 0 saturated carbocycles. The van der Waals surface area contributed by atoms with Crippen molar-refractivity contribution >= 4 is 11.6 Å². The third-order valence-corrected chi connectivity index (χ3v) is 2.52. The predicted octanol–water partition coefficient (Wildman–Crippen LogP) is 2.92. The highest BCUT2D eigenvalue weighted by molar-refractivity contribution is 6.31. The lowest BCUT2D eigenvalue weighted by Crippen LogP contribution is -2.20. The van der Waals surface area contributed by atoms with Gasteiger partial charge in [-0.05, 0) is 19.9 Å². The molecule has 2 nitrogen and oxygen atoms in total. The van der Waals surface area contributed by atoms with Crippen molar-refractivity contribution in [2.24, 2.45) is 5.41 Å². The maximum absolute atomic E-state index is 9.92. The molecule has 14 heavy (non-hydrogen) atoms. The smallest absolute Gasteiger partial charge is 0.0985 e. The number of aliphatic hydroxyl groups excluding tert-OH is 1. The summed E-state index contributed by atoms with van der Waals surface area (Å²) in [5.41, 5.74) is -0.230. The lowest BCUT2D eigenvalue weighted by atomic mass is 9.84. The second kappa shape index (κ2) is 4.00. The molecule has 1 N–H and O–H groups in total. The van der Waals surface area contributed by atoms with Crippen LogP contribution in [0.5, 0.6) is 0 Å². The Morgan fingerprint density at radius 1 is 1.43 bits per heavy atom. The normalized spacial score (nSPS) is 13.4. The van der Waals surface area contributed by atoms with Crippen LogP contribution in [0.2, 0.25) is 5.02 Å². The second-order valence-electron chi connectivity index (χ2n) is 3.76. The highest BCUT2D eigenvalue weighted by atomic mass is 35.5. The van der Waals surface area contributed by atoms with Crippen LogP contribution in [0.1, 0.15) is 25.5 Å². The van der Waals surface area contributed by atoms with Crippen molar-refractivity contribution in [2.45, 2.75) is 20.0 Å². The minimum absolute atomic E-state index is 0.489. The van der Waals surface area contributed by atoms with E-state index in [0.29, 0.717) is 10.6 Å². The molecule has 0 fully saturated rings. The molecule has 0 aliphatic carbocycles. The molecule has 74 valence electrons. The molecule has 1 aromatic carbocycles. The Bertz CT molecular complexity index is 368. The third kappa shape index (κ3) is 2.06. The van der Waals surface area contributed by atoms with Gasteiger partial charge in [0.05, 0.1) is 17.6 Å². The fourth-order valence-corrected chi connectivity index (χ4v) is 1.39. The lowest BCUT2D eigenvalue weighted by Gasteiger charge is -2.23. The Balaban J connectivity index is 3.08. The minimum Gasteiger partial charge on any atom is -0.387 e. The summed E-state index contributed by atoms with van der Waals surface area (Å²) in [7, 11) is 0. The summed E-state index contributed by atoms with van der Waals surface area (Å²) in [6, 6.07) is 9.07. The first-order valence-corrected chi connectivity index (χ1v) is 4.70. The van der Waals surface area contributed by atoms with E-state index in [2.05, 4.69) is 6.07 Å². The van der Waals surface area contributed by atoms with Gasteiger partial charge >= 0.3 is 0 Å². The van der Waals surface area contributed by atoms with Crippen molar-refractivity contribution in [1.82, 2.24) is 0 Å². The predicted molar refractivity (Wildman–Crippen MR) is 55.8 cm³/mol. The molecule has 0 heterocycles. The summed E-state index contributed by atoms with van der Waals surface area (Å²) in [5, 5.41) is 19.3. The molecule has 1 atom stereocenters. The summed E-state index contributed by atoms with van der Waals surface area (Å²) >= 11 is 5.91. The molecule has 1 rings (SSSR count). The van der Waals surface area contributed by atoms with E-state index in [1.807, 2.05) is 0 Å². The van der Waals surface area contributed by atoms with Crippen LogP contribution in [-0.2, 0) is 0 Å². The molecule has 0 aromatic heterocycles. The fraction of sp³-hybridized carbons (Fsp3) is 0.364. The van der Waals surface area contributed by atoms with Gasteiger partial charge in [-0.15, -0.1) is 0 Å². The van der Waals surface area contributed by atoms with Gasteiger partial charge in [0.25, 0.3) is 0 Å². The van der Waals surface area contributed by atoms with Gasteiger partial charge in [-0.3, -0.25) is 0 Å². The molecule has 1 aromatic rings. The lowest BCUT2D eigenvalue weighted by molar-refractivity contribution is 0.0869. The van der Waals surface area contributed by atoms with Crippen molar-refractivity contribution in [1.29, 1.82) is 5.26 Å². The molecular weight excluding hydrogens is 198 g/mol. The molecule has 3 heteroatoms. The van der Waals surface area contributed by atoms with Gasteiger partial charge in [-0.1, -0.05) is 29.8 Å². The summed E-state index contributed by atoms with van der Waals surface area (Å²) in [6.45, 7) is 3.36. The van der Waals surface area contributed by atoms with Crippen molar-refractivity contribution in [2.75, 3.05) is 0 Å². The fourth-order valence-electron chi connectivity index (χ4n) is 1.15. The number of aliphatic hydroxyl groups is 1. The number of nitriles is 1. The summed E-state index contributed by atoms with van der Waals surface area (Å²) in [6.07, 6.45) is -0.860. The first-order chi connectivity index (χ1) is 6.49. The Kier molecular flexibility index (Phi) is 3.15. The number of hydrogen-bond donors (Lipinski definition) is 1. The number of rotatable bonds is 2. The van der Waals surface area contributed by atoms with Gasteiger partial charge in [0, 0.05) is 10.6 Å². The standard InChI is InChI=1S/C11H12ClNO/c1-11(2,7-13)10(14)8-5-3-4-6-9(8)12/h3-6,10,14H,1-2H3. The molecule has 0 aliphatic heterocycles. The second-order valence-corrected chi connectivity index (χ2v) is 4.16. The molecular formula is C11H12ClNO. The first kappa shape index (κ1) is 11.0. The third-order valence-electron chi connectivity index (χ3n) is 2.17. The van der Waals surface area contributed by atoms with Gasteiger partial charge in [0.2, 0.25) is 0 Å². The number of hydrogen-bond acceptors (Lipinski definition) is 2. The average molecular weight is 210 g/mol. The molecule has 0 spiro atoms.